The van der Waals surface area contributed by atoms with Crippen molar-refractivity contribution in [3.05, 3.63) is 71.5 Å². The highest BCUT2D eigenvalue weighted by Gasteiger charge is 2.50. The third kappa shape index (κ3) is 2.79. The van der Waals surface area contributed by atoms with E-state index in [-0.39, 0.29) is 12.0 Å². The number of H-pyrrole nitrogens is 2. The van der Waals surface area contributed by atoms with E-state index < -0.39 is 23.9 Å². The maximum Gasteiger partial charge on any atom is 0.163 e. The quantitative estimate of drug-likeness (QED) is 0.399. The molecule has 2 aromatic heterocycles. The standard InChI is InChI=1S/C25H26N2O4/c1-25(2)30-12-18(31-25)21-22-19(14-8-4-6-10-17(14)27-22)20(23(28)24(21)29)15-11-26-16-9-5-3-7-13(15)16/h3-11,18,20-21,23-24,26-29H,12H2,1-2H3. The fraction of sp³-hybridized carbons (Fsp3) is 0.360. The van der Waals surface area contributed by atoms with Crippen molar-refractivity contribution in [3.63, 3.8) is 0 Å². The Hall–Kier alpha value is -2.64. The smallest absolute Gasteiger partial charge is 0.163 e. The Morgan fingerprint density at radius 1 is 0.935 bits per heavy atom. The lowest BCUT2D eigenvalue weighted by Gasteiger charge is -2.40. The van der Waals surface area contributed by atoms with Crippen molar-refractivity contribution in [2.45, 2.75) is 49.8 Å². The van der Waals surface area contributed by atoms with Crippen LogP contribution in [0.2, 0.25) is 0 Å². The minimum atomic E-state index is -0.998. The van der Waals surface area contributed by atoms with Gasteiger partial charge in [0.1, 0.15) is 0 Å². The first-order valence-electron chi connectivity index (χ1n) is 10.8. The number of para-hydroxylation sites is 2. The first-order valence-corrected chi connectivity index (χ1v) is 10.8. The average molecular weight is 418 g/mol. The van der Waals surface area contributed by atoms with Gasteiger partial charge in [0.25, 0.3) is 0 Å². The number of aliphatic hydroxyl groups is 2. The van der Waals surface area contributed by atoms with E-state index in [2.05, 4.69) is 22.1 Å². The Morgan fingerprint density at radius 3 is 2.39 bits per heavy atom. The first kappa shape index (κ1) is 19.1. The molecule has 0 bridgehead atoms. The zero-order chi connectivity index (χ0) is 21.3. The molecule has 3 heterocycles. The number of aromatic nitrogens is 2. The monoisotopic (exact) mass is 418 g/mol. The second-order valence-electron chi connectivity index (χ2n) is 9.14. The van der Waals surface area contributed by atoms with Crippen molar-refractivity contribution in [2.75, 3.05) is 6.61 Å². The van der Waals surface area contributed by atoms with Gasteiger partial charge in [-0.2, -0.15) is 0 Å². The van der Waals surface area contributed by atoms with Crippen molar-refractivity contribution in [1.82, 2.24) is 9.97 Å². The summed E-state index contributed by atoms with van der Waals surface area (Å²) in [5.41, 5.74) is 4.92. The van der Waals surface area contributed by atoms with Crippen LogP contribution in [-0.2, 0) is 9.47 Å². The van der Waals surface area contributed by atoms with Crippen LogP contribution < -0.4 is 0 Å². The van der Waals surface area contributed by atoms with Crippen LogP contribution in [0.15, 0.2) is 54.7 Å². The molecular weight excluding hydrogens is 392 g/mol. The summed E-state index contributed by atoms with van der Waals surface area (Å²) in [5, 5.41) is 25.0. The summed E-state index contributed by atoms with van der Waals surface area (Å²) in [4.78, 5) is 6.87. The van der Waals surface area contributed by atoms with Gasteiger partial charge in [0.05, 0.1) is 30.8 Å². The summed E-state index contributed by atoms with van der Waals surface area (Å²) in [5.74, 6) is -1.50. The van der Waals surface area contributed by atoms with Crippen LogP contribution in [0.5, 0.6) is 0 Å². The highest BCUT2D eigenvalue weighted by molar-refractivity contribution is 5.90. The van der Waals surface area contributed by atoms with Crippen molar-refractivity contribution in [3.8, 4) is 0 Å². The topological polar surface area (TPSA) is 90.5 Å². The Balaban J connectivity index is 1.58. The molecule has 160 valence electrons. The molecule has 4 aromatic rings. The molecule has 2 aliphatic rings. The van der Waals surface area contributed by atoms with Crippen molar-refractivity contribution < 1.29 is 19.7 Å². The molecule has 0 amide bonds. The zero-order valence-corrected chi connectivity index (χ0v) is 17.5. The van der Waals surface area contributed by atoms with Gasteiger partial charge in [-0.1, -0.05) is 36.4 Å². The molecule has 1 fully saturated rings. The molecule has 6 rings (SSSR count). The maximum atomic E-state index is 11.5. The lowest BCUT2D eigenvalue weighted by Crippen LogP contribution is -2.47. The van der Waals surface area contributed by atoms with Crippen LogP contribution >= 0.6 is 0 Å². The molecule has 5 unspecified atom stereocenters. The fourth-order valence-corrected chi connectivity index (χ4v) is 5.52. The number of ether oxygens (including phenoxy) is 2. The minimum absolute atomic E-state index is 0.351. The van der Waals surface area contributed by atoms with E-state index in [0.29, 0.717) is 6.61 Å². The summed E-state index contributed by atoms with van der Waals surface area (Å²) < 4.78 is 11.9. The molecular formula is C25H26N2O4. The van der Waals surface area contributed by atoms with E-state index in [4.69, 9.17) is 9.47 Å². The van der Waals surface area contributed by atoms with Gasteiger partial charge in [0.15, 0.2) is 5.79 Å². The van der Waals surface area contributed by atoms with E-state index in [1.807, 2.05) is 56.4 Å². The van der Waals surface area contributed by atoms with Crippen LogP contribution in [-0.4, -0.2) is 50.9 Å². The summed E-state index contributed by atoms with van der Waals surface area (Å²) in [6, 6.07) is 16.2. The zero-order valence-electron chi connectivity index (χ0n) is 17.5. The van der Waals surface area contributed by atoms with Gasteiger partial charge in [-0.25, -0.2) is 0 Å². The van der Waals surface area contributed by atoms with Gasteiger partial charge in [0.2, 0.25) is 0 Å². The Morgan fingerprint density at radius 2 is 1.65 bits per heavy atom. The van der Waals surface area contributed by atoms with Gasteiger partial charge < -0.3 is 29.7 Å². The third-order valence-corrected chi connectivity index (χ3v) is 6.87. The molecule has 5 atom stereocenters. The average Bonchev–Trinajstić information content (AvgIpc) is 3.44. The van der Waals surface area contributed by atoms with E-state index in [9.17, 15) is 10.2 Å². The van der Waals surface area contributed by atoms with Gasteiger partial charge in [-0.3, -0.25) is 0 Å². The molecule has 2 aromatic carbocycles. The fourth-order valence-electron chi connectivity index (χ4n) is 5.52. The number of aliphatic hydroxyl groups excluding tert-OH is 2. The summed E-state index contributed by atoms with van der Waals surface area (Å²) >= 11 is 0. The maximum absolute atomic E-state index is 11.5. The van der Waals surface area contributed by atoms with Crippen LogP contribution in [0.1, 0.15) is 42.5 Å². The van der Waals surface area contributed by atoms with Crippen LogP contribution in [0.25, 0.3) is 21.8 Å². The number of hydrogen-bond donors (Lipinski definition) is 4. The molecule has 1 aliphatic heterocycles. The van der Waals surface area contributed by atoms with E-state index in [1.54, 1.807) is 0 Å². The Bertz CT molecular complexity index is 1270. The largest absolute Gasteiger partial charge is 0.390 e. The number of rotatable bonds is 2. The highest BCUT2D eigenvalue weighted by Crippen LogP contribution is 2.49. The van der Waals surface area contributed by atoms with Gasteiger partial charge >= 0.3 is 0 Å². The van der Waals surface area contributed by atoms with Crippen LogP contribution in [0, 0.1) is 0 Å². The van der Waals surface area contributed by atoms with E-state index in [1.165, 1.54) is 0 Å². The number of aromatic amines is 2. The Labute approximate surface area is 179 Å². The molecule has 0 spiro atoms. The molecule has 1 saturated heterocycles. The van der Waals surface area contributed by atoms with Gasteiger partial charge in [-0.15, -0.1) is 0 Å². The molecule has 6 nitrogen and oxygen atoms in total. The minimum Gasteiger partial charge on any atom is -0.390 e. The summed E-state index contributed by atoms with van der Waals surface area (Å²) in [6.45, 7) is 4.12. The Kier molecular flexibility index (Phi) is 4.11. The van der Waals surface area contributed by atoms with Crippen LogP contribution in [0.4, 0.5) is 0 Å². The molecule has 1 aliphatic carbocycles. The van der Waals surface area contributed by atoms with Crippen molar-refractivity contribution >= 4 is 21.8 Å². The molecule has 4 N–H and O–H groups in total. The summed E-state index contributed by atoms with van der Waals surface area (Å²) in [7, 11) is 0. The lowest BCUT2D eigenvalue weighted by atomic mass is 9.71. The molecule has 0 saturated carbocycles. The predicted octanol–water partition coefficient (Wildman–Crippen LogP) is 3.75. The second-order valence-corrected chi connectivity index (χ2v) is 9.14. The number of benzene rings is 2. The SMILES string of the molecule is CC1(C)OCC(C2c3[nH]c4ccccc4c3C(c3c[nH]c4ccccc34)C(O)C2O)O1. The first-order chi connectivity index (χ1) is 14.9. The lowest BCUT2D eigenvalue weighted by molar-refractivity contribution is -0.149. The van der Waals surface area contributed by atoms with Crippen molar-refractivity contribution in [2.24, 2.45) is 0 Å². The number of fused-ring (bicyclic) bond motifs is 4. The predicted molar refractivity (Wildman–Crippen MR) is 118 cm³/mol. The van der Waals surface area contributed by atoms with Gasteiger partial charge in [0, 0.05) is 39.6 Å². The molecule has 0 radical (unpaired) electrons. The third-order valence-electron chi connectivity index (χ3n) is 6.87. The van der Waals surface area contributed by atoms with E-state index >= 15 is 0 Å². The van der Waals surface area contributed by atoms with E-state index in [0.717, 1.165) is 38.6 Å². The highest BCUT2D eigenvalue weighted by atomic mass is 16.7. The summed E-state index contributed by atoms with van der Waals surface area (Å²) in [6.07, 6.45) is -0.379. The normalized spacial score (nSPS) is 30.1. The van der Waals surface area contributed by atoms with Crippen molar-refractivity contribution in [1.29, 1.82) is 0 Å². The second kappa shape index (κ2) is 6.68. The van der Waals surface area contributed by atoms with Gasteiger partial charge in [-0.05, 0) is 37.1 Å². The molecule has 31 heavy (non-hydrogen) atoms. The molecule has 6 heteroatoms. The van der Waals surface area contributed by atoms with Crippen LogP contribution in [0.3, 0.4) is 0 Å². The number of hydrogen-bond acceptors (Lipinski definition) is 4. The number of nitrogens with one attached hydrogen (secondary N) is 2.